The molecule has 116 valence electrons. The Morgan fingerprint density at radius 1 is 1.24 bits per heavy atom. The Labute approximate surface area is 123 Å². The molecule has 0 saturated heterocycles. The van der Waals surface area contributed by atoms with E-state index in [-0.39, 0.29) is 29.4 Å². The number of methoxy groups -OCH3 is 1. The van der Waals surface area contributed by atoms with E-state index < -0.39 is 4.92 Å². The Morgan fingerprint density at radius 3 is 2.57 bits per heavy atom. The molecule has 0 aromatic heterocycles. The van der Waals surface area contributed by atoms with Crippen molar-refractivity contribution in [2.75, 3.05) is 26.9 Å². The van der Waals surface area contributed by atoms with Gasteiger partial charge >= 0.3 is 0 Å². The summed E-state index contributed by atoms with van der Waals surface area (Å²) in [6, 6.07) is 2.48. The maximum atomic E-state index is 10.9. The molecule has 0 aliphatic heterocycles. The van der Waals surface area contributed by atoms with Crippen molar-refractivity contribution in [1.29, 1.82) is 0 Å². The summed E-state index contributed by atoms with van der Waals surface area (Å²) in [6.45, 7) is 3.35. The molecule has 0 heterocycles. The summed E-state index contributed by atoms with van der Waals surface area (Å²) < 4.78 is 15.8. The second-order valence-electron chi connectivity index (χ2n) is 4.25. The molecule has 1 aromatic carbocycles. The number of ether oxygens (including phenoxy) is 3. The first kappa shape index (κ1) is 16.9. The molecule has 7 nitrogen and oxygen atoms in total. The summed E-state index contributed by atoms with van der Waals surface area (Å²) in [5.74, 6) is 0.491. The molecule has 1 aromatic rings. The summed E-state index contributed by atoms with van der Waals surface area (Å²) >= 11 is 0. The first-order chi connectivity index (χ1) is 10.1. The Balaban J connectivity index is 2.73. The lowest BCUT2D eigenvalue weighted by Crippen LogP contribution is -2.08. The van der Waals surface area contributed by atoms with Crippen LogP contribution < -0.4 is 9.47 Å². The third-order valence-corrected chi connectivity index (χ3v) is 2.76. The van der Waals surface area contributed by atoms with Crippen LogP contribution in [-0.2, 0) is 4.74 Å². The van der Waals surface area contributed by atoms with Gasteiger partial charge in [-0.05, 0) is 6.42 Å². The Kier molecular flexibility index (Phi) is 7.17. The van der Waals surface area contributed by atoms with Crippen molar-refractivity contribution in [1.82, 2.24) is 0 Å². The van der Waals surface area contributed by atoms with Gasteiger partial charge in [-0.3, -0.25) is 14.9 Å². The van der Waals surface area contributed by atoms with Gasteiger partial charge in [-0.1, -0.05) is 13.3 Å². The normalized spacial score (nSPS) is 10.2. The van der Waals surface area contributed by atoms with Crippen molar-refractivity contribution >= 4 is 12.0 Å². The lowest BCUT2D eigenvalue weighted by atomic mass is 10.1. The van der Waals surface area contributed by atoms with Crippen molar-refractivity contribution < 1.29 is 23.9 Å². The van der Waals surface area contributed by atoms with Gasteiger partial charge in [0.25, 0.3) is 5.69 Å². The smallest absolute Gasteiger partial charge is 0.283 e. The van der Waals surface area contributed by atoms with Gasteiger partial charge < -0.3 is 14.2 Å². The van der Waals surface area contributed by atoms with Gasteiger partial charge in [-0.25, -0.2) is 0 Å². The number of hydrogen-bond donors (Lipinski definition) is 0. The molecular formula is C14H19NO6. The number of nitro groups is 1. The average molecular weight is 297 g/mol. The highest BCUT2D eigenvalue weighted by atomic mass is 16.6. The molecule has 7 heteroatoms. The van der Waals surface area contributed by atoms with Crippen molar-refractivity contribution in [3.8, 4) is 11.5 Å². The minimum Gasteiger partial charge on any atom is -0.493 e. The zero-order valence-corrected chi connectivity index (χ0v) is 12.2. The maximum absolute atomic E-state index is 10.9. The second-order valence-corrected chi connectivity index (χ2v) is 4.25. The van der Waals surface area contributed by atoms with Crippen molar-refractivity contribution in [3.05, 3.63) is 27.8 Å². The topological polar surface area (TPSA) is 87.9 Å². The standard InChI is InChI=1S/C14H19NO6/c1-3-4-5-20-6-7-21-14-9-12(15(17)18)11(10-16)8-13(14)19-2/h8-10H,3-7H2,1-2H3. The van der Waals surface area contributed by atoms with Gasteiger partial charge in [0.2, 0.25) is 0 Å². The SMILES string of the molecule is CCCCOCCOc1cc([N+](=O)[O-])c(C=O)cc1OC. The molecule has 0 amide bonds. The van der Waals surface area contributed by atoms with E-state index in [0.717, 1.165) is 12.8 Å². The highest BCUT2D eigenvalue weighted by Crippen LogP contribution is 2.33. The molecule has 0 spiro atoms. The molecule has 0 aliphatic rings. The summed E-state index contributed by atoms with van der Waals surface area (Å²) in [7, 11) is 1.40. The summed E-state index contributed by atoms with van der Waals surface area (Å²) in [6.07, 6.45) is 2.44. The average Bonchev–Trinajstić information content (AvgIpc) is 2.49. The predicted octanol–water partition coefficient (Wildman–Crippen LogP) is 2.61. The fraction of sp³-hybridized carbons (Fsp3) is 0.500. The van der Waals surface area contributed by atoms with E-state index in [9.17, 15) is 14.9 Å². The fourth-order valence-corrected chi connectivity index (χ4v) is 1.65. The largest absolute Gasteiger partial charge is 0.493 e. The van der Waals surface area contributed by atoms with Crippen molar-refractivity contribution in [2.45, 2.75) is 19.8 Å². The molecule has 0 bridgehead atoms. The van der Waals surface area contributed by atoms with Crippen LogP contribution in [0.25, 0.3) is 0 Å². The van der Waals surface area contributed by atoms with Gasteiger partial charge in [0.05, 0.1) is 30.3 Å². The van der Waals surface area contributed by atoms with Crippen LogP contribution in [0.4, 0.5) is 5.69 Å². The van der Waals surface area contributed by atoms with Gasteiger partial charge in [-0.2, -0.15) is 0 Å². The number of carbonyl (C=O) groups is 1. The van der Waals surface area contributed by atoms with Crippen LogP contribution >= 0.6 is 0 Å². The van der Waals surface area contributed by atoms with Crippen LogP contribution in [0.3, 0.4) is 0 Å². The van der Waals surface area contributed by atoms with Crippen LogP contribution in [0, 0.1) is 10.1 Å². The monoisotopic (exact) mass is 297 g/mol. The summed E-state index contributed by atoms with van der Waals surface area (Å²) in [5, 5.41) is 10.9. The molecule has 0 unspecified atom stereocenters. The second kappa shape index (κ2) is 8.91. The number of rotatable bonds is 10. The first-order valence-corrected chi connectivity index (χ1v) is 6.66. The Hall–Kier alpha value is -2.15. The van der Waals surface area contributed by atoms with E-state index in [1.807, 2.05) is 0 Å². The number of carbonyl (C=O) groups excluding carboxylic acids is 1. The summed E-state index contributed by atoms with van der Waals surface area (Å²) in [5.41, 5.74) is -0.365. The molecular weight excluding hydrogens is 278 g/mol. The van der Waals surface area contributed by atoms with Crippen LogP contribution in [0.5, 0.6) is 11.5 Å². The zero-order valence-electron chi connectivity index (χ0n) is 12.2. The van der Waals surface area contributed by atoms with E-state index >= 15 is 0 Å². The van der Waals surface area contributed by atoms with E-state index in [0.29, 0.717) is 19.5 Å². The minimum absolute atomic E-state index is 0.0524. The van der Waals surface area contributed by atoms with Crippen molar-refractivity contribution in [3.63, 3.8) is 0 Å². The molecule has 0 aliphatic carbocycles. The Bertz CT molecular complexity index is 489. The number of nitro benzene ring substituents is 1. The quantitative estimate of drug-likeness (QED) is 0.285. The molecule has 21 heavy (non-hydrogen) atoms. The van der Waals surface area contributed by atoms with Crippen LogP contribution in [0.15, 0.2) is 12.1 Å². The number of hydrogen-bond acceptors (Lipinski definition) is 6. The van der Waals surface area contributed by atoms with E-state index in [1.54, 1.807) is 0 Å². The molecule has 0 fully saturated rings. The molecule has 0 saturated carbocycles. The summed E-state index contributed by atoms with van der Waals surface area (Å²) in [4.78, 5) is 21.1. The van der Waals surface area contributed by atoms with Crippen molar-refractivity contribution in [2.24, 2.45) is 0 Å². The molecule has 1 rings (SSSR count). The molecule has 0 atom stereocenters. The van der Waals surface area contributed by atoms with E-state index in [4.69, 9.17) is 14.2 Å². The predicted molar refractivity (Wildman–Crippen MR) is 76.3 cm³/mol. The van der Waals surface area contributed by atoms with E-state index in [2.05, 4.69) is 6.92 Å². The highest BCUT2D eigenvalue weighted by molar-refractivity contribution is 5.83. The third-order valence-electron chi connectivity index (χ3n) is 2.76. The van der Waals surface area contributed by atoms with E-state index in [1.165, 1.54) is 19.2 Å². The Morgan fingerprint density at radius 2 is 2.00 bits per heavy atom. The fourth-order valence-electron chi connectivity index (χ4n) is 1.65. The number of benzene rings is 1. The molecule has 0 radical (unpaired) electrons. The maximum Gasteiger partial charge on any atom is 0.283 e. The van der Waals surface area contributed by atoms with Crippen LogP contribution in [0.1, 0.15) is 30.1 Å². The first-order valence-electron chi connectivity index (χ1n) is 6.66. The number of nitrogens with zero attached hydrogens (tertiary/aromatic N) is 1. The number of unbranched alkanes of at least 4 members (excludes halogenated alkanes) is 1. The third kappa shape index (κ3) is 5.03. The van der Waals surface area contributed by atoms with Gasteiger partial charge in [0.15, 0.2) is 17.8 Å². The lowest BCUT2D eigenvalue weighted by molar-refractivity contribution is -0.385. The van der Waals surface area contributed by atoms with Gasteiger partial charge in [-0.15, -0.1) is 0 Å². The minimum atomic E-state index is -0.631. The van der Waals surface area contributed by atoms with Gasteiger partial charge in [0, 0.05) is 12.7 Å². The van der Waals surface area contributed by atoms with Gasteiger partial charge in [0.1, 0.15) is 6.61 Å². The zero-order chi connectivity index (χ0) is 15.7. The van der Waals surface area contributed by atoms with Crippen LogP contribution in [-0.4, -0.2) is 38.1 Å². The highest BCUT2D eigenvalue weighted by Gasteiger charge is 2.19. The number of aldehydes is 1. The van der Waals surface area contributed by atoms with Crippen LogP contribution in [0.2, 0.25) is 0 Å². The molecule has 0 N–H and O–H groups in total. The lowest BCUT2D eigenvalue weighted by Gasteiger charge is -2.11.